The van der Waals surface area contributed by atoms with Crippen molar-refractivity contribution in [1.29, 1.82) is 0 Å². The summed E-state index contributed by atoms with van der Waals surface area (Å²) in [6.07, 6.45) is 8.83. The molecule has 0 spiro atoms. The first kappa shape index (κ1) is 20.6. The van der Waals surface area contributed by atoms with E-state index in [1.807, 2.05) is 57.2 Å². The predicted octanol–water partition coefficient (Wildman–Crippen LogP) is 3.30. The molecule has 1 aromatic carbocycles. The van der Waals surface area contributed by atoms with E-state index in [0.29, 0.717) is 31.8 Å². The summed E-state index contributed by atoms with van der Waals surface area (Å²) in [6, 6.07) is 9.98. The Morgan fingerprint density at radius 2 is 1.63 bits per heavy atom. The van der Waals surface area contributed by atoms with Gasteiger partial charge in [0, 0.05) is 44.7 Å². The van der Waals surface area contributed by atoms with Gasteiger partial charge in [-0.15, -0.1) is 0 Å². The second kappa shape index (κ2) is 9.45. The van der Waals surface area contributed by atoms with Gasteiger partial charge in [0.15, 0.2) is 0 Å². The normalized spacial score (nSPS) is 18.6. The topological polar surface area (TPSA) is 58.4 Å². The monoisotopic (exact) mass is 408 g/mol. The molecular weight excluding hydrogens is 376 g/mol. The standard InChI is InChI=1S/C24H32N4O2/c1-19-9-13-27(14-10-19)24(30)21-11-15-26(16-12-21)23(29)8-7-20-17-25-28(18-20)22-5-3-2-4-6-22/h2-6,17-19,21H,7-16H2,1H3. The number of hydrogen-bond acceptors (Lipinski definition) is 3. The number of carbonyl (C=O) groups is 2. The molecule has 30 heavy (non-hydrogen) atoms. The fraction of sp³-hybridized carbons (Fsp3) is 0.542. The largest absolute Gasteiger partial charge is 0.343 e. The van der Waals surface area contributed by atoms with E-state index in [2.05, 4.69) is 12.0 Å². The van der Waals surface area contributed by atoms with Gasteiger partial charge in [0.05, 0.1) is 11.9 Å². The number of benzene rings is 1. The van der Waals surface area contributed by atoms with Gasteiger partial charge in [0.2, 0.25) is 11.8 Å². The van der Waals surface area contributed by atoms with Crippen molar-refractivity contribution in [3.8, 4) is 5.69 Å². The maximum absolute atomic E-state index is 12.8. The Balaban J connectivity index is 1.22. The van der Waals surface area contributed by atoms with Crippen LogP contribution in [-0.2, 0) is 16.0 Å². The molecule has 0 radical (unpaired) electrons. The molecular formula is C24H32N4O2. The molecule has 2 aliphatic heterocycles. The van der Waals surface area contributed by atoms with Crippen molar-refractivity contribution in [2.45, 2.75) is 45.4 Å². The smallest absolute Gasteiger partial charge is 0.225 e. The summed E-state index contributed by atoms with van der Waals surface area (Å²) < 4.78 is 1.85. The fourth-order valence-corrected chi connectivity index (χ4v) is 4.48. The number of amides is 2. The van der Waals surface area contributed by atoms with Gasteiger partial charge in [-0.1, -0.05) is 25.1 Å². The number of rotatable bonds is 5. The van der Waals surface area contributed by atoms with Gasteiger partial charge in [-0.3, -0.25) is 9.59 Å². The minimum atomic E-state index is 0.0894. The van der Waals surface area contributed by atoms with Crippen LogP contribution < -0.4 is 0 Å². The molecule has 2 aliphatic rings. The number of piperidine rings is 2. The number of aryl methyl sites for hydroxylation is 1. The maximum Gasteiger partial charge on any atom is 0.225 e. The highest BCUT2D eigenvalue weighted by atomic mass is 16.2. The Kier molecular flexibility index (Phi) is 6.50. The third-order valence-electron chi connectivity index (χ3n) is 6.58. The summed E-state index contributed by atoms with van der Waals surface area (Å²) in [4.78, 5) is 29.4. The van der Waals surface area contributed by atoms with E-state index in [1.165, 1.54) is 0 Å². The van der Waals surface area contributed by atoms with E-state index in [9.17, 15) is 9.59 Å². The summed E-state index contributed by atoms with van der Waals surface area (Å²) in [6.45, 7) is 5.45. The van der Waals surface area contributed by atoms with Gasteiger partial charge in [-0.2, -0.15) is 5.10 Å². The highest BCUT2D eigenvalue weighted by Gasteiger charge is 2.31. The first-order valence-electron chi connectivity index (χ1n) is 11.3. The Hall–Kier alpha value is -2.63. The highest BCUT2D eigenvalue weighted by Crippen LogP contribution is 2.24. The molecule has 0 aliphatic carbocycles. The number of nitrogens with zero attached hydrogens (tertiary/aromatic N) is 4. The molecule has 0 saturated carbocycles. The lowest BCUT2D eigenvalue weighted by Gasteiger charge is -2.36. The lowest BCUT2D eigenvalue weighted by molar-refractivity contribution is -0.141. The third-order valence-corrected chi connectivity index (χ3v) is 6.58. The molecule has 0 atom stereocenters. The van der Waals surface area contributed by atoms with Crippen LogP contribution in [0.2, 0.25) is 0 Å². The molecule has 0 bridgehead atoms. The second-order valence-electron chi connectivity index (χ2n) is 8.79. The molecule has 2 fully saturated rings. The Bertz CT molecular complexity index is 847. The van der Waals surface area contributed by atoms with E-state index in [1.54, 1.807) is 0 Å². The van der Waals surface area contributed by atoms with Crippen LogP contribution in [0.3, 0.4) is 0 Å². The van der Waals surface area contributed by atoms with Crippen molar-refractivity contribution in [3.63, 3.8) is 0 Å². The van der Waals surface area contributed by atoms with Crippen LogP contribution in [-0.4, -0.2) is 57.6 Å². The third kappa shape index (κ3) is 4.91. The molecule has 1 aromatic heterocycles. The average Bonchev–Trinajstić information content (AvgIpc) is 3.27. The van der Waals surface area contributed by atoms with Crippen LogP contribution in [0.25, 0.3) is 5.69 Å². The number of hydrogen-bond donors (Lipinski definition) is 0. The van der Waals surface area contributed by atoms with Crippen molar-refractivity contribution in [3.05, 3.63) is 48.3 Å². The van der Waals surface area contributed by atoms with Crippen molar-refractivity contribution < 1.29 is 9.59 Å². The van der Waals surface area contributed by atoms with Crippen LogP contribution >= 0.6 is 0 Å². The molecule has 0 N–H and O–H groups in total. The van der Waals surface area contributed by atoms with Crippen LogP contribution in [0.4, 0.5) is 0 Å². The van der Waals surface area contributed by atoms with Crippen LogP contribution in [0.1, 0.15) is 44.6 Å². The molecule has 6 heteroatoms. The number of aromatic nitrogens is 2. The zero-order valence-corrected chi connectivity index (χ0v) is 17.9. The molecule has 3 heterocycles. The van der Waals surface area contributed by atoms with Gasteiger partial charge >= 0.3 is 0 Å². The molecule has 2 saturated heterocycles. The highest BCUT2D eigenvalue weighted by molar-refractivity contribution is 5.80. The summed E-state index contributed by atoms with van der Waals surface area (Å²) in [5.41, 5.74) is 2.08. The number of carbonyl (C=O) groups excluding carboxylic acids is 2. The summed E-state index contributed by atoms with van der Waals surface area (Å²) >= 11 is 0. The molecule has 0 unspecified atom stereocenters. The van der Waals surface area contributed by atoms with E-state index < -0.39 is 0 Å². The first-order valence-corrected chi connectivity index (χ1v) is 11.3. The zero-order valence-electron chi connectivity index (χ0n) is 17.9. The van der Waals surface area contributed by atoms with Crippen molar-refractivity contribution in [1.82, 2.24) is 19.6 Å². The Morgan fingerprint density at radius 3 is 2.33 bits per heavy atom. The van der Waals surface area contributed by atoms with Crippen molar-refractivity contribution >= 4 is 11.8 Å². The number of para-hydroxylation sites is 1. The van der Waals surface area contributed by atoms with E-state index in [-0.39, 0.29) is 11.8 Å². The molecule has 6 nitrogen and oxygen atoms in total. The number of likely N-dealkylation sites (tertiary alicyclic amines) is 2. The fourth-order valence-electron chi connectivity index (χ4n) is 4.48. The van der Waals surface area contributed by atoms with E-state index in [4.69, 9.17) is 0 Å². The second-order valence-corrected chi connectivity index (χ2v) is 8.79. The minimum Gasteiger partial charge on any atom is -0.343 e. The Morgan fingerprint density at radius 1 is 0.967 bits per heavy atom. The van der Waals surface area contributed by atoms with Gasteiger partial charge < -0.3 is 9.80 Å². The van der Waals surface area contributed by atoms with Crippen LogP contribution in [0.15, 0.2) is 42.7 Å². The predicted molar refractivity (Wildman–Crippen MR) is 116 cm³/mol. The average molecular weight is 409 g/mol. The lowest BCUT2D eigenvalue weighted by Crippen LogP contribution is -2.46. The Labute approximate surface area is 178 Å². The van der Waals surface area contributed by atoms with E-state index >= 15 is 0 Å². The van der Waals surface area contributed by atoms with Crippen molar-refractivity contribution in [2.24, 2.45) is 11.8 Å². The maximum atomic E-state index is 12.8. The zero-order chi connectivity index (χ0) is 20.9. The van der Waals surface area contributed by atoms with E-state index in [0.717, 1.165) is 55.9 Å². The van der Waals surface area contributed by atoms with Crippen LogP contribution in [0.5, 0.6) is 0 Å². The molecule has 2 aromatic rings. The van der Waals surface area contributed by atoms with Gasteiger partial charge in [-0.05, 0) is 55.7 Å². The summed E-state index contributed by atoms with van der Waals surface area (Å²) in [5.74, 6) is 1.31. The quantitative estimate of drug-likeness (QED) is 0.763. The summed E-state index contributed by atoms with van der Waals surface area (Å²) in [5, 5.41) is 4.40. The molecule has 2 amide bonds. The minimum absolute atomic E-state index is 0.0894. The van der Waals surface area contributed by atoms with Gasteiger partial charge in [0.1, 0.15) is 0 Å². The van der Waals surface area contributed by atoms with Gasteiger partial charge in [-0.25, -0.2) is 4.68 Å². The van der Waals surface area contributed by atoms with Crippen molar-refractivity contribution in [2.75, 3.05) is 26.2 Å². The molecule has 160 valence electrons. The SMILES string of the molecule is CC1CCN(C(=O)C2CCN(C(=O)CCc3cnn(-c4ccccc4)c3)CC2)CC1. The lowest BCUT2D eigenvalue weighted by atomic mass is 9.92. The summed E-state index contributed by atoms with van der Waals surface area (Å²) in [7, 11) is 0. The van der Waals surface area contributed by atoms with Gasteiger partial charge in [0.25, 0.3) is 0 Å². The van der Waals surface area contributed by atoms with Crippen LogP contribution in [0, 0.1) is 11.8 Å². The molecule has 4 rings (SSSR count). The first-order chi connectivity index (χ1) is 14.6.